The minimum Gasteiger partial charge on any atom is -0.433 e. The highest BCUT2D eigenvalue weighted by Gasteiger charge is 2.76. The van der Waals surface area contributed by atoms with Crippen LogP contribution in [0.5, 0.6) is 0 Å². The third-order valence-corrected chi connectivity index (χ3v) is 4.87. The van der Waals surface area contributed by atoms with Crippen LogP contribution < -0.4 is 0 Å². The van der Waals surface area contributed by atoms with E-state index in [-0.39, 0.29) is 35.6 Å². The fourth-order valence-corrected chi connectivity index (χ4v) is 4.40. The molecule has 1 saturated carbocycles. The molecule has 4 aliphatic rings. The van der Waals surface area contributed by atoms with Gasteiger partial charge in [0.25, 0.3) is 0 Å². The summed E-state index contributed by atoms with van der Waals surface area (Å²) in [5.74, 6) is -2.50. The highest BCUT2D eigenvalue weighted by molar-refractivity contribution is 5.80. The molecule has 0 amide bonds. The lowest BCUT2D eigenvalue weighted by atomic mass is 9.65. The molecule has 1 aliphatic carbocycles. The van der Waals surface area contributed by atoms with Gasteiger partial charge in [0.05, 0.1) is 11.8 Å². The molecule has 0 aromatic rings. The summed E-state index contributed by atoms with van der Waals surface area (Å²) in [5, 5.41) is 0. The maximum absolute atomic E-state index is 11.8. The van der Waals surface area contributed by atoms with Gasteiger partial charge in [0, 0.05) is 25.7 Å². The molecule has 6 atom stereocenters. The van der Waals surface area contributed by atoms with Gasteiger partial charge in [0.2, 0.25) is 11.6 Å². The Morgan fingerprint density at radius 1 is 0.941 bits per heavy atom. The average Bonchev–Trinajstić information content (AvgIpc) is 2.70. The zero-order chi connectivity index (χ0) is 12.0. The van der Waals surface area contributed by atoms with Crippen molar-refractivity contribution in [1.82, 2.24) is 0 Å². The predicted octanol–water partition coefficient (Wildman–Crippen LogP) is 0.821. The summed E-state index contributed by atoms with van der Waals surface area (Å²) < 4.78 is 16.6. The molecule has 92 valence electrons. The SMILES string of the molecule is C[C@@]12OC(=O)[C@H]3CC[C@H]4C(=O)O[C@@](C)(O1)[C@H]4[C@H]32. The first kappa shape index (κ1) is 9.88. The lowest BCUT2D eigenvalue weighted by molar-refractivity contribution is -0.280. The van der Waals surface area contributed by atoms with Crippen LogP contribution in [0, 0.1) is 23.7 Å². The van der Waals surface area contributed by atoms with Crippen LogP contribution >= 0.6 is 0 Å². The smallest absolute Gasteiger partial charge is 0.311 e. The quantitative estimate of drug-likeness (QED) is 0.585. The second kappa shape index (κ2) is 2.51. The Hall–Kier alpha value is -1.10. The molecule has 3 heterocycles. The van der Waals surface area contributed by atoms with E-state index in [0.717, 1.165) is 0 Å². The van der Waals surface area contributed by atoms with Crippen molar-refractivity contribution in [3.63, 3.8) is 0 Å². The molecule has 0 aromatic carbocycles. The minimum atomic E-state index is -0.902. The van der Waals surface area contributed by atoms with Gasteiger partial charge in [-0.2, -0.15) is 0 Å². The highest BCUT2D eigenvalue weighted by Crippen LogP contribution is 2.64. The third kappa shape index (κ3) is 0.921. The van der Waals surface area contributed by atoms with Gasteiger partial charge in [0.15, 0.2) is 0 Å². The van der Waals surface area contributed by atoms with Crippen LogP contribution in [0.1, 0.15) is 26.7 Å². The van der Waals surface area contributed by atoms with Crippen molar-refractivity contribution in [3.8, 4) is 0 Å². The van der Waals surface area contributed by atoms with E-state index in [1.807, 2.05) is 0 Å². The minimum absolute atomic E-state index is 0.0369. The van der Waals surface area contributed by atoms with Gasteiger partial charge in [-0.3, -0.25) is 14.3 Å². The maximum Gasteiger partial charge on any atom is 0.311 e. The first-order valence-electron chi connectivity index (χ1n) is 6.10. The molecule has 0 N–H and O–H groups in total. The second-order valence-corrected chi connectivity index (χ2v) is 5.82. The Morgan fingerprint density at radius 3 is 1.76 bits per heavy atom. The molecular formula is C12H14O5. The molecule has 0 aromatic heterocycles. The van der Waals surface area contributed by atoms with Gasteiger partial charge in [-0.05, 0) is 12.8 Å². The van der Waals surface area contributed by atoms with E-state index in [9.17, 15) is 9.59 Å². The fourth-order valence-electron chi connectivity index (χ4n) is 4.40. The second-order valence-electron chi connectivity index (χ2n) is 5.82. The van der Waals surface area contributed by atoms with Crippen LogP contribution in [0.3, 0.4) is 0 Å². The molecule has 3 saturated heterocycles. The summed E-state index contributed by atoms with van der Waals surface area (Å²) in [7, 11) is 0. The van der Waals surface area contributed by atoms with Crippen molar-refractivity contribution in [2.24, 2.45) is 23.7 Å². The summed E-state index contributed by atoms with van der Waals surface area (Å²) in [6, 6.07) is 0. The number of carbonyl (C=O) groups is 2. The van der Waals surface area contributed by atoms with Gasteiger partial charge in [-0.15, -0.1) is 0 Å². The van der Waals surface area contributed by atoms with E-state index in [0.29, 0.717) is 12.8 Å². The Morgan fingerprint density at radius 2 is 1.35 bits per heavy atom. The lowest BCUT2D eigenvalue weighted by Crippen LogP contribution is -2.39. The third-order valence-electron chi connectivity index (χ3n) is 4.87. The summed E-state index contributed by atoms with van der Waals surface area (Å²) in [4.78, 5) is 23.6. The van der Waals surface area contributed by atoms with Crippen molar-refractivity contribution in [2.75, 3.05) is 0 Å². The molecule has 0 unspecified atom stereocenters. The number of hydrogen-bond acceptors (Lipinski definition) is 5. The largest absolute Gasteiger partial charge is 0.433 e. The number of rotatable bonds is 0. The molecule has 0 spiro atoms. The summed E-state index contributed by atoms with van der Waals surface area (Å²) in [6.07, 6.45) is 1.41. The molecule has 17 heavy (non-hydrogen) atoms. The molecule has 0 radical (unpaired) electrons. The van der Waals surface area contributed by atoms with Crippen LogP contribution in [0.2, 0.25) is 0 Å². The van der Waals surface area contributed by atoms with E-state index in [1.165, 1.54) is 0 Å². The Bertz CT molecular complexity index is 406. The fraction of sp³-hybridized carbons (Fsp3) is 0.833. The van der Waals surface area contributed by atoms with E-state index in [4.69, 9.17) is 14.2 Å². The predicted molar refractivity (Wildman–Crippen MR) is 53.3 cm³/mol. The van der Waals surface area contributed by atoms with Crippen molar-refractivity contribution in [1.29, 1.82) is 0 Å². The number of ether oxygens (including phenoxy) is 3. The van der Waals surface area contributed by atoms with Gasteiger partial charge in [0.1, 0.15) is 0 Å². The van der Waals surface area contributed by atoms with Crippen molar-refractivity contribution in [2.45, 2.75) is 38.3 Å². The lowest BCUT2D eigenvalue weighted by Gasteiger charge is -2.31. The van der Waals surface area contributed by atoms with Gasteiger partial charge < -0.3 is 9.47 Å². The van der Waals surface area contributed by atoms with Crippen LogP contribution in [0.25, 0.3) is 0 Å². The molecule has 4 fully saturated rings. The van der Waals surface area contributed by atoms with Crippen molar-refractivity contribution < 1.29 is 23.8 Å². The Kier molecular flexibility index (Phi) is 1.46. The molecule has 3 aliphatic heterocycles. The van der Waals surface area contributed by atoms with Crippen LogP contribution in [-0.2, 0) is 23.8 Å². The molecule has 0 bridgehead atoms. The maximum atomic E-state index is 11.8. The monoisotopic (exact) mass is 238 g/mol. The Labute approximate surface area is 98.4 Å². The zero-order valence-corrected chi connectivity index (χ0v) is 9.76. The zero-order valence-electron chi connectivity index (χ0n) is 9.76. The van der Waals surface area contributed by atoms with Crippen molar-refractivity contribution >= 4 is 11.9 Å². The van der Waals surface area contributed by atoms with Gasteiger partial charge >= 0.3 is 11.9 Å². The number of hydrogen-bond donors (Lipinski definition) is 0. The average molecular weight is 238 g/mol. The van der Waals surface area contributed by atoms with E-state index < -0.39 is 11.6 Å². The molecule has 5 nitrogen and oxygen atoms in total. The first-order chi connectivity index (χ1) is 7.95. The van der Waals surface area contributed by atoms with E-state index in [2.05, 4.69) is 0 Å². The van der Waals surface area contributed by atoms with Gasteiger partial charge in [-0.25, -0.2) is 0 Å². The van der Waals surface area contributed by atoms with Crippen LogP contribution in [0.4, 0.5) is 0 Å². The first-order valence-corrected chi connectivity index (χ1v) is 6.10. The standard InChI is InChI=1S/C12H14O5/c1-11-7-5(9(13)15-11)3-4-6-8(7)12(2,17-11)16-10(6)14/h5-8H,3-4H2,1-2H3/t5-,6+,7-,8+,11+,12-. The summed E-state index contributed by atoms with van der Waals surface area (Å²) in [6.45, 7) is 3.57. The van der Waals surface area contributed by atoms with Crippen molar-refractivity contribution in [3.05, 3.63) is 0 Å². The molecule has 5 heteroatoms. The van der Waals surface area contributed by atoms with E-state index in [1.54, 1.807) is 13.8 Å². The normalized spacial score (nSPS) is 58.9. The highest BCUT2D eigenvalue weighted by atomic mass is 16.8. The summed E-state index contributed by atoms with van der Waals surface area (Å²) >= 11 is 0. The molecule has 4 rings (SSSR count). The number of carbonyl (C=O) groups excluding carboxylic acids is 2. The van der Waals surface area contributed by atoms with Crippen LogP contribution in [0.15, 0.2) is 0 Å². The van der Waals surface area contributed by atoms with Gasteiger partial charge in [-0.1, -0.05) is 0 Å². The van der Waals surface area contributed by atoms with E-state index >= 15 is 0 Å². The molecular weight excluding hydrogens is 224 g/mol. The number of esters is 2. The summed E-state index contributed by atoms with van der Waals surface area (Å²) in [5.41, 5.74) is 0. The van der Waals surface area contributed by atoms with Crippen LogP contribution in [-0.4, -0.2) is 23.5 Å². The topological polar surface area (TPSA) is 61.8 Å². The Balaban J connectivity index is 1.87.